The number of hydrogen-bond donors (Lipinski definition) is 0. The summed E-state index contributed by atoms with van der Waals surface area (Å²) in [6.45, 7) is 6.78. The van der Waals surface area contributed by atoms with Gasteiger partial charge in [-0.2, -0.15) is 0 Å². The van der Waals surface area contributed by atoms with Crippen LogP contribution in [0.4, 0.5) is 0 Å². The lowest BCUT2D eigenvalue weighted by atomic mass is 10.2. The van der Waals surface area contributed by atoms with Gasteiger partial charge >= 0.3 is 0 Å². The molecule has 0 fully saturated rings. The molecule has 2 aromatic rings. The number of aryl methyl sites for hydroxylation is 1. The average Bonchev–Trinajstić information content (AvgIpc) is 2.72. The monoisotopic (exact) mass is 257 g/mol. The van der Waals surface area contributed by atoms with Crippen LogP contribution < -0.4 is 4.74 Å². The van der Waals surface area contributed by atoms with Crippen molar-refractivity contribution in [3.63, 3.8) is 0 Å². The van der Waals surface area contributed by atoms with E-state index < -0.39 is 0 Å². The number of rotatable bonds is 5. The molecule has 0 aliphatic rings. The minimum Gasteiger partial charge on any atom is -0.494 e. The third kappa shape index (κ3) is 2.70. The van der Waals surface area contributed by atoms with E-state index in [1.807, 2.05) is 44.2 Å². The van der Waals surface area contributed by atoms with Crippen LogP contribution in [0.15, 0.2) is 30.3 Å². The lowest BCUT2D eigenvalue weighted by molar-refractivity contribution is 0.112. The highest BCUT2D eigenvalue weighted by molar-refractivity contribution is 5.77. The Morgan fingerprint density at radius 1 is 1.21 bits per heavy atom. The van der Waals surface area contributed by atoms with E-state index in [0.717, 1.165) is 47.7 Å². The normalized spacial score (nSPS) is 10.5. The quantitative estimate of drug-likeness (QED) is 0.765. The van der Waals surface area contributed by atoms with Crippen molar-refractivity contribution < 1.29 is 9.53 Å². The molecular formula is C16H19NO2. The summed E-state index contributed by atoms with van der Waals surface area (Å²) in [5, 5.41) is 0. The maximum absolute atomic E-state index is 11.0. The highest BCUT2D eigenvalue weighted by Crippen LogP contribution is 2.22. The fourth-order valence-corrected chi connectivity index (χ4v) is 2.22. The van der Waals surface area contributed by atoms with E-state index >= 15 is 0 Å². The molecule has 0 aliphatic heterocycles. The standard InChI is InChI=1S/C16H19NO2/c1-4-9-19-16-7-5-15(6-8-16)17-12(2)10-14(11-18)13(17)3/h5-8,10-11H,4,9H2,1-3H3. The van der Waals surface area contributed by atoms with Gasteiger partial charge in [-0.15, -0.1) is 0 Å². The van der Waals surface area contributed by atoms with Gasteiger partial charge in [0.05, 0.1) is 6.61 Å². The Morgan fingerprint density at radius 3 is 2.42 bits per heavy atom. The molecule has 1 aromatic heterocycles. The molecule has 0 saturated carbocycles. The van der Waals surface area contributed by atoms with Crippen molar-refractivity contribution in [2.45, 2.75) is 27.2 Å². The highest BCUT2D eigenvalue weighted by Gasteiger charge is 2.09. The molecule has 1 heterocycles. The molecule has 3 heteroatoms. The molecule has 19 heavy (non-hydrogen) atoms. The van der Waals surface area contributed by atoms with Gasteiger partial charge in [0.1, 0.15) is 5.75 Å². The molecule has 0 N–H and O–H groups in total. The van der Waals surface area contributed by atoms with Crippen molar-refractivity contribution in [3.05, 3.63) is 47.3 Å². The van der Waals surface area contributed by atoms with Gasteiger partial charge < -0.3 is 9.30 Å². The van der Waals surface area contributed by atoms with Crippen LogP contribution in [0, 0.1) is 13.8 Å². The Labute approximate surface area is 113 Å². The van der Waals surface area contributed by atoms with Crippen LogP contribution in [-0.4, -0.2) is 17.5 Å². The second kappa shape index (κ2) is 5.74. The first kappa shape index (κ1) is 13.4. The van der Waals surface area contributed by atoms with E-state index in [4.69, 9.17) is 4.74 Å². The molecule has 0 unspecified atom stereocenters. The molecule has 0 atom stereocenters. The third-order valence-corrected chi connectivity index (χ3v) is 3.17. The summed E-state index contributed by atoms with van der Waals surface area (Å²) in [6, 6.07) is 9.86. The Balaban J connectivity index is 2.32. The summed E-state index contributed by atoms with van der Waals surface area (Å²) in [4.78, 5) is 11.0. The van der Waals surface area contributed by atoms with E-state index in [9.17, 15) is 4.79 Å². The van der Waals surface area contributed by atoms with E-state index in [0.29, 0.717) is 0 Å². The number of aromatic nitrogens is 1. The summed E-state index contributed by atoms with van der Waals surface area (Å²) in [5.41, 5.74) is 3.81. The van der Waals surface area contributed by atoms with E-state index in [1.165, 1.54) is 0 Å². The van der Waals surface area contributed by atoms with Crippen LogP contribution in [0.2, 0.25) is 0 Å². The van der Waals surface area contributed by atoms with Crippen molar-refractivity contribution in [1.29, 1.82) is 0 Å². The maximum Gasteiger partial charge on any atom is 0.151 e. The Morgan fingerprint density at radius 2 is 1.89 bits per heavy atom. The molecule has 1 aromatic carbocycles. The van der Waals surface area contributed by atoms with Gasteiger partial charge in [-0.05, 0) is 50.6 Å². The predicted molar refractivity (Wildman–Crippen MR) is 76.4 cm³/mol. The highest BCUT2D eigenvalue weighted by atomic mass is 16.5. The van der Waals surface area contributed by atoms with Crippen LogP contribution in [-0.2, 0) is 0 Å². The fourth-order valence-electron chi connectivity index (χ4n) is 2.22. The molecule has 0 saturated heterocycles. The molecule has 0 amide bonds. The topological polar surface area (TPSA) is 31.2 Å². The summed E-state index contributed by atoms with van der Waals surface area (Å²) >= 11 is 0. The van der Waals surface area contributed by atoms with Gasteiger partial charge in [0.25, 0.3) is 0 Å². The minimum absolute atomic E-state index is 0.732. The summed E-state index contributed by atoms with van der Waals surface area (Å²) in [6.07, 6.45) is 1.90. The predicted octanol–water partition coefficient (Wildman–Crippen LogP) is 3.70. The molecule has 2 rings (SSSR count). The zero-order chi connectivity index (χ0) is 13.8. The van der Waals surface area contributed by atoms with Crippen LogP contribution >= 0.6 is 0 Å². The number of nitrogens with zero attached hydrogens (tertiary/aromatic N) is 1. The maximum atomic E-state index is 11.0. The summed E-state index contributed by atoms with van der Waals surface area (Å²) in [7, 11) is 0. The van der Waals surface area contributed by atoms with E-state index in [1.54, 1.807) is 0 Å². The van der Waals surface area contributed by atoms with Crippen molar-refractivity contribution in [3.8, 4) is 11.4 Å². The van der Waals surface area contributed by atoms with Crippen LogP contribution in [0.5, 0.6) is 5.75 Å². The molecule has 0 aliphatic carbocycles. The summed E-state index contributed by atoms with van der Waals surface area (Å²) in [5.74, 6) is 0.878. The van der Waals surface area contributed by atoms with Crippen molar-refractivity contribution in [2.75, 3.05) is 6.61 Å². The van der Waals surface area contributed by atoms with Crippen LogP contribution in [0.3, 0.4) is 0 Å². The first-order valence-corrected chi connectivity index (χ1v) is 6.54. The first-order chi connectivity index (χ1) is 9.17. The molecule has 0 spiro atoms. The van der Waals surface area contributed by atoms with Crippen molar-refractivity contribution in [1.82, 2.24) is 4.57 Å². The van der Waals surface area contributed by atoms with Gasteiger partial charge in [0.15, 0.2) is 6.29 Å². The zero-order valence-electron chi connectivity index (χ0n) is 11.6. The van der Waals surface area contributed by atoms with Gasteiger partial charge in [-0.25, -0.2) is 0 Å². The average molecular weight is 257 g/mol. The van der Waals surface area contributed by atoms with E-state index in [-0.39, 0.29) is 0 Å². The van der Waals surface area contributed by atoms with Gasteiger partial charge in [0.2, 0.25) is 0 Å². The molecular weight excluding hydrogens is 238 g/mol. The van der Waals surface area contributed by atoms with Gasteiger partial charge in [0, 0.05) is 22.6 Å². The van der Waals surface area contributed by atoms with Crippen LogP contribution in [0.1, 0.15) is 35.1 Å². The SMILES string of the molecule is CCCOc1ccc(-n2c(C)cc(C=O)c2C)cc1. The van der Waals surface area contributed by atoms with E-state index in [2.05, 4.69) is 11.5 Å². The lowest BCUT2D eigenvalue weighted by Crippen LogP contribution is -2.00. The van der Waals surface area contributed by atoms with Crippen molar-refractivity contribution >= 4 is 6.29 Å². The first-order valence-electron chi connectivity index (χ1n) is 6.54. The van der Waals surface area contributed by atoms with Gasteiger partial charge in [-0.3, -0.25) is 4.79 Å². The minimum atomic E-state index is 0.732. The fraction of sp³-hybridized carbons (Fsp3) is 0.312. The van der Waals surface area contributed by atoms with Crippen LogP contribution in [0.25, 0.3) is 5.69 Å². The zero-order valence-corrected chi connectivity index (χ0v) is 11.6. The molecule has 100 valence electrons. The smallest absolute Gasteiger partial charge is 0.151 e. The number of carbonyl (C=O) groups excluding carboxylic acids is 1. The Hall–Kier alpha value is -2.03. The molecule has 0 radical (unpaired) electrons. The molecule has 0 bridgehead atoms. The number of ether oxygens (including phenoxy) is 1. The molecule has 3 nitrogen and oxygen atoms in total. The third-order valence-electron chi connectivity index (χ3n) is 3.17. The Kier molecular flexibility index (Phi) is 4.05. The number of hydrogen-bond acceptors (Lipinski definition) is 2. The number of carbonyl (C=O) groups is 1. The van der Waals surface area contributed by atoms with Crippen molar-refractivity contribution in [2.24, 2.45) is 0 Å². The second-order valence-electron chi connectivity index (χ2n) is 4.62. The number of benzene rings is 1. The lowest BCUT2D eigenvalue weighted by Gasteiger charge is -2.11. The second-order valence-corrected chi connectivity index (χ2v) is 4.62. The largest absolute Gasteiger partial charge is 0.494 e. The summed E-state index contributed by atoms with van der Waals surface area (Å²) < 4.78 is 7.64. The van der Waals surface area contributed by atoms with Gasteiger partial charge in [-0.1, -0.05) is 6.92 Å². The number of aldehydes is 1. The Bertz CT molecular complexity index is 567.